The summed E-state index contributed by atoms with van der Waals surface area (Å²) in [7, 11) is 2.23. The maximum atomic E-state index is 4.92. The van der Waals surface area contributed by atoms with Crippen LogP contribution in [0.1, 0.15) is 25.0 Å². The average Bonchev–Trinajstić information content (AvgIpc) is 2.93. The van der Waals surface area contributed by atoms with Crippen LogP contribution in [0.5, 0.6) is 0 Å². The number of benzene rings is 1. The Morgan fingerprint density at radius 1 is 1.04 bits per heavy atom. The van der Waals surface area contributed by atoms with E-state index < -0.39 is 0 Å². The standard InChI is InChI=1S/C20H24N4/c1-23-12-5-6-16(11-13-23)14-17-7-4-10-20(22-17)24-15-21-18-8-2-3-9-19(18)24/h2-4,7-10,15-16H,5-6,11-14H2,1H3/t16-/m0/s1. The number of para-hydroxylation sites is 2. The first-order valence-electron chi connectivity index (χ1n) is 8.86. The number of likely N-dealkylation sites (tertiary alicyclic amines) is 1. The zero-order valence-electron chi connectivity index (χ0n) is 14.2. The molecule has 3 aromatic rings. The zero-order chi connectivity index (χ0) is 16.4. The van der Waals surface area contributed by atoms with Gasteiger partial charge < -0.3 is 4.90 Å². The van der Waals surface area contributed by atoms with Crippen molar-refractivity contribution in [2.45, 2.75) is 25.7 Å². The first kappa shape index (κ1) is 15.3. The lowest BCUT2D eigenvalue weighted by Crippen LogP contribution is -2.19. The second kappa shape index (κ2) is 6.73. The maximum Gasteiger partial charge on any atom is 0.138 e. The highest BCUT2D eigenvalue weighted by Gasteiger charge is 2.16. The number of imidazole rings is 1. The summed E-state index contributed by atoms with van der Waals surface area (Å²) in [6, 6.07) is 14.6. The van der Waals surface area contributed by atoms with E-state index in [2.05, 4.69) is 45.8 Å². The van der Waals surface area contributed by atoms with E-state index in [4.69, 9.17) is 4.98 Å². The Labute approximate surface area is 143 Å². The molecule has 0 aliphatic carbocycles. The summed E-state index contributed by atoms with van der Waals surface area (Å²) in [6.45, 7) is 2.43. The minimum atomic E-state index is 0.747. The molecule has 2 aromatic heterocycles. The lowest BCUT2D eigenvalue weighted by molar-refractivity contribution is 0.341. The molecule has 0 spiro atoms. The van der Waals surface area contributed by atoms with Crippen molar-refractivity contribution in [3.63, 3.8) is 0 Å². The molecule has 0 saturated carbocycles. The summed E-state index contributed by atoms with van der Waals surface area (Å²) in [6.07, 6.45) is 6.83. The molecule has 0 N–H and O–H groups in total. The van der Waals surface area contributed by atoms with Crippen molar-refractivity contribution >= 4 is 11.0 Å². The molecule has 1 aromatic carbocycles. The Hall–Kier alpha value is -2.20. The molecular formula is C20H24N4. The molecule has 124 valence electrons. The molecule has 0 amide bonds. The number of aromatic nitrogens is 3. The highest BCUT2D eigenvalue weighted by atomic mass is 15.1. The van der Waals surface area contributed by atoms with Gasteiger partial charge in [0.1, 0.15) is 12.1 Å². The Kier molecular flexibility index (Phi) is 4.30. The van der Waals surface area contributed by atoms with E-state index >= 15 is 0 Å². The van der Waals surface area contributed by atoms with Crippen molar-refractivity contribution in [1.82, 2.24) is 19.4 Å². The van der Waals surface area contributed by atoms with Gasteiger partial charge in [0.25, 0.3) is 0 Å². The van der Waals surface area contributed by atoms with Crippen LogP contribution in [0, 0.1) is 5.92 Å². The minimum Gasteiger partial charge on any atom is -0.306 e. The first-order chi connectivity index (χ1) is 11.8. The summed E-state index contributed by atoms with van der Waals surface area (Å²) in [5.74, 6) is 1.71. The summed E-state index contributed by atoms with van der Waals surface area (Å²) in [4.78, 5) is 11.8. The number of hydrogen-bond acceptors (Lipinski definition) is 3. The lowest BCUT2D eigenvalue weighted by atomic mass is 9.95. The molecule has 3 heterocycles. The fraction of sp³-hybridized carbons (Fsp3) is 0.400. The molecule has 1 aliphatic rings. The van der Waals surface area contributed by atoms with Crippen LogP contribution in [0.3, 0.4) is 0 Å². The van der Waals surface area contributed by atoms with Crippen LogP contribution in [0.25, 0.3) is 16.9 Å². The predicted octanol–water partition coefficient (Wildman–Crippen LogP) is 3.69. The van der Waals surface area contributed by atoms with Crippen LogP contribution in [0.2, 0.25) is 0 Å². The maximum absolute atomic E-state index is 4.92. The molecule has 0 radical (unpaired) electrons. The highest BCUT2D eigenvalue weighted by molar-refractivity contribution is 5.76. The number of hydrogen-bond donors (Lipinski definition) is 0. The van der Waals surface area contributed by atoms with Crippen molar-refractivity contribution in [2.24, 2.45) is 5.92 Å². The molecule has 0 unspecified atom stereocenters. The van der Waals surface area contributed by atoms with E-state index in [1.165, 1.54) is 38.0 Å². The van der Waals surface area contributed by atoms with Gasteiger partial charge in [-0.25, -0.2) is 9.97 Å². The van der Waals surface area contributed by atoms with Gasteiger partial charge >= 0.3 is 0 Å². The van der Waals surface area contributed by atoms with E-state index in [0.29, 0.717) is 0 Å². The number of rotatable bonds is 3. The highest BCUT2D eigenvalue weighted by Crippen LogP contribution is 2.22. The molecule has 4 nitrogen and oxygen atoms in total. The summed E-state index contributed by atoms with van der Waals surface area (Å²) >= 11 is 0. The largest absolute Gasteiger partial charge is 0.306 e. The van der Waals surface area contributed by atoms with Crippen molar-refractivity contribution < 1.29 is 0 Å². The van der Waals surface area contributed by atoms with Gasteiger partial charge in [0.15, 0.2) is 0 Å². The Morgan fingerprint density at radius 2 is 1.96 bits per heavy atom. The fourth-order valence-corrected chi connectivity index (χ4v) is 3.67. The van der Waals surface area contributed by atoms with Gasteiger partial charge in [-0.1, -0.05) is 18.2 Å². The van der Waals surface area contributed by atoms with Crippen LogP contribution >= 0.6 is 0 Å². The molecule has 1 fully saturated rings. The normalized spacial score (nSPS) is 19.5. The molecule has 0 bridgehead atoms. The van der Waals surface area contributed by atoms with Crippen molar-refractivity contribution in [3.8, 4) is 5.82 Å². The van der Waals surface area contributed by atoms with Gasteiger partial charge in [0.2, 0.25) is 0 Å². The van der Waals surface area contributed by atoms with Crippen molar-refractivity contribution in [3.05, 3.63) is 54.5 Å². The quantitative estimate of drug-likeness (QED) is 0.738. The number of nitrogens with zero attached hydrogens (tertiary/aromatic N) is 4. The topological polar surface area (TPSA) is 34.0 Å². The van der Waals surface area contributed by atoms with Gasteiger partial charge in [0.05, 0.1) is 11.0 Å². The second-order valence-electron chi connectivity index (χ2n) is 6.89. The zero-order valence-corrected chi connectivity index (χ0v) is 14.2. The van der Waals surface area contributed by atoms with E-state index in [1.807, 2.05) is 24.5 Å². The third kappa shape index (κ3) is 3.20. The van der Waals surface area contributed by atoms with Crippen LogP contribution in [-0.4, -0.2) is 39.6 Å². The van der Waals surface area contributed by atoms with Gasteiger partial charge in [0, 0.05) is 5.69 Å². The van der Waals surface area contributed by atoms with Gasteiger partial charge in [-0.15, -0.1) is 0 Å². The third-order valence-corrected chi connectivity index (χ3v) is 5.06. The van der Waals surface area contributed by atoms with Crippen LogP contribution in [0.15, 0.2) is 48.8 Å². The molecule has 24 heavy (non-hydrogen) atoms. The SMILES string of the molecule is CN1CCC[C@H](Cc2cccc(-n3cnc4ccccc43)n2)CC1. The molecule has 4 rings (SSSR count). The minimum absolute atomic E-state index is 0.747. The first-order valence-corrected chi connectivity index (χ1v) is 8.86. The van der Waals surface area contributed by atoms with Gasteiger partial charge in [-0.2, -0.15) is 0 Å². The van der Waals surface area contributed by atoms with Crippen LogP contribution in [-0.2, 0) is 6.42 Å². The molecular weight excluding hydrogens is 296 g/mol. The molecule has 1 saturated heterocycles. The predicted molar refractivity (Wildman–Crippen MR) is 97.4 cm³/mol. The van der Waals surface area contributed by atoms with Crippen molar-refractivity contribution in [1.29, 1.82) is 0 Å². The Balaban J connectivity index is 1.57. The average molecular weight is 320 g/mol. The second-order valence-corrected chi connectivity index (χ2v) is 6.89. The molecule has 1 aliphatic heterocycles. The monoisotopic (exact) mass is 320 g/mol. The van der Waals surface area contributed by atoms with E-state index in [1.54, 1.807) is 0 Å². The van der Waals surface area contributed by atoms with E-state index in [0.717, 1.165) is 29.2 Å². The van der Waals surface area contributed by atoms with Crippen LogP contribution in [0.4, 0.5) is 0 Å². The Morgan fingerprint density at radius 3 is 2.92 bits per heavy atom. The fourth-order valence-electron chi connectivity index (χ4n) is 3.67. The molecule has 1 atom stereocenters. The van der Waals surface area contributed by atoms with Crippen LogP contribution < -0.4 is 0 Å². The van der Waals surface area contributed by atoms with E-state index in [-0.39, 0.29) is 0 Å². The van der Waals surface area contributed by atoms with Gasteiger partial charge in [-0.3, -0.25) is 4.57 Å². The Bertz CT molecular complexity index is 823. The summed E-state index contributed by atoms with van der Waals surface area (Å²) in [5, 5.41) is 0. The summed E-state index contributed by atoms with van der Waals surface area (Å²) < 4.78 is 2.08. The third-order valence-electron chi connectivity index (χ3n) is 5.06. The summed E-state index contributed by atoms with van der Waals surface area (Å²) in [5.41, 5.74) is 3.31. The number of pyridine rings is 1. The lowest BCUT2D eigenvalue weighted by Gasteiger charge is -2.15. The number of fused-ring (bicyclic) bond motifs is 1. The smallest absolute Gasteiger partial charge is 0.138 e. The van der Waals surface area contributed by atoms with E-state index in [9.17, 15) is 0 Å². The van der Waals surface area contributed by atoms with Gasteiger partial charge in [-0.05, 0) is 76.0 Å². The molecule has 4 heteroatoms. The van der Waals surface area contributed by atoms with Crippen molar-refractivity contribution in [2.75, 3.05) is 20.1 Å².